The van der Waals surface area contributed by atoms with Crippen LogP contribution in [0.3, 0.4) is 0 Å². The molecule has 2 aliphatic rings. The van der Waals surface area contributed by atoms with Crippen molar-refractivity contribution in [3.05, 3.63) is 0 Å². The van der Waals surface area contributed by atoms with Crippen LogP contribution < -0.4 is 5.73 Å². The third-order valence-corrected chi connectivity index (χ3v) is 4.40. The Labute approximate surface area is 119 Å². The summed E-state index contributed by atoms with van der Waals surface area (Å²) in [5.74, 6) is 0.396. The Morgan fingerprint density at radius 3 is 2.16 bits per heavy atom. The Morgan fingerprint density at radius 2 is 1.58 bits per heavy atom. The molecule has 114 valence electrons. The Hall–Kier alpha value is -0.570. The van der Waals surface area contributed by atoms with Crippen molar-refractivity contribution in [2.45, 2.75) is 78.7 Å². The number of hydrogen-bond acceptors (Lipinski definition) is 2. The molecule has 1 unspecified atom stereocenters. The van der Waals surface area contributed by atoms with Gasteiger partial charge in [-0.25, -0.2) is 0 Å². The summed E-state index contributed by atoms with van der Waals surface area (Å²) in [5.41, 5.74) is 5.28. The minimum atomic E-state index is -0.130. The summed E-state index contributed by atoms with van der Waals surface area (Å²) in [6.07, 6.45) is 11.5. The van der Waals surface area contributed by atoms with Crippen molar-refractivity contribution in [1.29, 1.82) is 0 Å². The van der Waals surface area contributed by atoms with Crippen molar-refractivity contribution in [3.63, 3.8) is 0 Å². The maximum Gasteiger partial charge on any atom is 0.217 e. The average Bonchev–Trinajstić information content (AvgIpc) is 2.64. The molecule has 2 N–H and O–H groups in total. The first-order chi connectivity index (χ1) is 8.25. The molecule has 0 bridgehead atoms. The number of amides is 1. The highest BCUT2D eigenvalue weighted by molar-refractivity contribution is 5.74. The molecule has 1 aliphatic heterocycles. The first-order valence-corrected chi connectivity index (χ1v) is 7.28. The van der Waals surface area contributed by atoms with Crippen molar-refractivity contribution in [1.82, 2.24) is 4.90 Å². The van der Waals surface area contributed by atoms with E-state index < -0.39 is 0 Å². The number of likely N-dealkylation sites (tertiary alicyclic amines) is 1. The number of nitrogens with two attached hydrogens (primary N) is 1. The molecule has 0 aromatic heterocycles. The molecule has 2 fully saturated rings. The van der Waals surface area contributed by atoms with E-state index in [0.717, 1.165) is 12.6 Å². The molecule has 19 heavy (non-hydrogen) atoms. The molecule has 0 spiro atoms. The summed E-state index contributed by atoms with van der Waals surface area (Å²) < 4.78 is 0. The Kier molecular flexibility index (Phi) is 9.07. The topological polar surface area (TPSA) is 46.3 Å². The van der Waals surface area contributed by atoms with Crippen LogP contribution in [0.2, 0.25) is 0 Å². The maximum absolute atomic E-state index is 10.9. The van der Waals surface area contributed by atoms with Crippen LogP contribution in [0.4, 0.5) is 0 Å². The molecule has 1 aliphatic carbocycles. The summed E-state index contributed by atoms with van der Waals surface area (Å²) in [4.78, 5) is 13.6. The van der Waals surface area contributed by atoms with Crippen LogP contribution in [0.1, 0.15) is 72.6 Å². The molecule has 1 saturated heterocycles. The number of hydrogen-bond donors (Lipinski definition) is 1. The van der Waals surface area contributed by atoms with E-state index in [-0.39, 0.29) is 20.8 Å². The predicted molar refractivity (Wildman–Crippen MR) is 83.1 cm³/mol. The highest BCUT2D eigenvalue weighted by Crippen LogP contribution is 2.27. The summed E-state index contributed by atoms with van der Waals surface area (Å²) in [6, 6.07) is 0.785. The van der Waals surface area contributed by atoms with Gasteiger partial charge >= 0.3 is 0 Å². The van der Waals surface area contributed by atoms with Gasteiger partial charge in [-0.2, -0.15) is 0 Å². The van der Waals surface area contributed by atoms with Gasteiger partial charge in [-0.05, 0) is 31.7 Å². The Balaban J connectivity index is 0.00000162. The number of primary amides is 1. The first-order valence-electron chi connectivity index (χ1n) is 7.28. The lowest BCUT2D eigenvalue weighted by Gasteiger charge is -2.29. The second-order valence-corrected chi connectivity index (χ2v) is 5.82. The molecule has 1 saturated carbocycles. The molecule has 1 atom stereocenters. The van der Waals surface area contributed by atoms with Crippen LogP contribution >= 0.6 is 0 Å². The lowest BCUT2D eigenvalue weighted by Crippen LogP contribution is -2.34. The van der Waals surface area contributed by atoms with Crippen molar-refractivity contribution >= 4 is 5.91 Å². The lowest BCUT2D eigenvalue weighted by molar-refractivity contribution is -0.118. The third kappa shape index (κ3) is 5.94. The number of rotatable bonds is 3. The van der Waals surface area contributed by atoms with Crippen LogP contribution in [-0.4, -0.2) is 29.9 Å². The number of nitrogens with zero attached hydrogens (tertiary/aromatic N) is 1. The summed E-state index contributed by atoms with van der Waals surface area (Å²) in [5, 5.41) is 0. The lowest BCUT2D eigenvalue weighted by atomic mass is 9.96. The van der Waals surface area contributed by atoms with E-state index in [1.165, 1.54) is 57.9 Å². The van der Waals surface area contributed by atoms with Gasteiger partial charge in [-0.3, -0.25) is 4.79 Å². The van der Waals surface area contributed by atoms with Gasteiger partial charge in [-0.15, -0.1) is 0 Å². The quantitative estimate of drug-likeness (QED) is 0.852. The Bertz CT molecular complexity index is 247. The monoisotopic (exact) mass is 270 g/mol. The molecule has 0 aromatic rings. The fourth-order valence-corrected chi connectivity index (χ4v) is 3.45. The fraction of sp³-hybridized carbons (Fsp3) is 0.938. The van der Waals surface area contributed by atoms with E-state index in [9.17, 15) is 4.79 Å². The molecule has 3 heteroatoms. The van der Waals surface area contributed by atoms with Crippen LogP contribution in [0.5, 0.6) is 0 Å². The fourth-order valence-electron chi connectivity index (χ4n) is 3.45. The predicted octanol–water partition coefficient (Wildman–Crippen LogP) is 3.57. The molecule has 0 radical (unpaired) electrons. The molecule has 2 rings (SSSR count). The van der Waals surface area contributed by atoms with Crippen LogP contribution in [0, 0.1) is 5.92 Å². The molecular formula is C16H34N2O. The van der Waals surface area contributed by atoms with Crippen molar-refractivity contribution in [2.75, 3.05) is 13.1 Å². The van der Waals surface area contributed by atoms with Gasteiger partial charge in [0.05, 0.1) is 0 Å². The zero-order valence-electron chi connectivity index (χ0n) is 10.9. The first kappa shape index (κ1) is 18.4. The highest BCUT2D eigenvalue weighted by Gasteiger charge is 2.28. The van der Waals surface area contributed by atoms with E-state index in [1.807, 2.05) is 0 Å². The van der Waals surface area contributed by atoms with E-state index in [0.29, 0.717) is 12.3 Å². The largest absolute Gasteiger partial charge is 0.370 e. The van der Waals surface area contributed by atoms with Gasteiger partial charge in [0, 0.05) is 19.0 Å². The summed E-state index contributed by atoms with van der Waals surface area (Å²) in [6.45, 7) is 2.29. The zero-order valence-corrected chi connectivity index (χ0v) is 10.9. The molecule has 1 heterocycles. The van der Waals surface area contributed by atoms with E-state index >= 15 is 0 Å². The maximum atomic E-state index is 10.9. The normalized spacial score (nSPS) is 25.8. The summed E-state index contributed by atoms with van der Waals surface area (Å²) in [7, 11) is 0. The zero-order chi connectivity index (χ0) is 12.1. The van der Waals surface area contributed by atoms with Gasteiger partial charge in [0.15, 0.2) is 0 Å². The number of carbonyl (C=O) groups is 1. The van der Waals surface area contributed by atoms with Gasteiger partial charge in [0.1, 0.15) is 0 Å². The van der Waals surface area contributed by atoms with Gasteiger partial charge in [0.2, 0.25) is 5.91 Å². The Morgan fingerprint density at radius 1 is 1.00 bits per heavy atom. The molecule has 1 amide bonds. The second kappa shape index (κ2) is 9.35. The SMILES string of the molecule is C.C.NC(=O)CC1CCN(C2CCCCCCC2)C1. The minimum Gasteiger partial charge on any atom is -0.370 e. The smallest absolute Gasteiger partial charge is 0.217 e. The minimum absolute atomic E-state index is 0. The number of carbonyl (C=O) groups excluding carboxylic acids is 1. The van der Waals surface area contributed by atoms with Crippen LogP contribution in [0.25, 0.3) is 0 Å². The molecule has 3 nitrogen and oxygen atoms in total. The highest BCUT2D eigenvalue weighted by atomic mass is 16.1. The molecule has 0 aromatic carbocycles. The molecular weight excluding hydrogens is 236 g/mol. The van der Waals surface area contributed by atoms with E-state index in [1.54, 1.807) is 0 Å². The van der Waals surface area contributed by atoms with Crippen LogP contribution in [-0.2, 0) is 4.79 Å². The standard InChI is InChI=1S/C14H26N2O.2CH4/c15-14(17)10-12-8-9-16(11-12)13-6-4-2-1-3-5-7-13;;/h12-13H,1-11H2,(H2,15,17);2*1H4. The van der Waals surface area contributed by atoms with Crippen LogP contribution in [0.15, 0.2) is 0 Å². The van der Waals surface area contributed by atoms with Gasteiger partial charge in [-0.1, -0.05) is 47.0 Å². The van der Waals surface area contributed by atoms with Crippen molar-refractivity contribution < 1.29 is 4.79 Å². The van der Waals surface area contributed by atoms with Gasteiger partial charge in [0.25, 0.3) is 0 Å². The third-order valence-electron chi connectivity index (χ3n) is 4.40. The van der Waals surface area contributed by atoms with Crippen molar-refractivity contribution in [3.8, 4) is 0 Å². The van der Waals surface area contributed by atoms with E-state index in [2.05, 4.69) is 4.90 Å². The summed E-state index contributed by atoms with van der Waals surface area (Å²) >= 11 is 0. The van der Waals surface area contributed by atoms with E-state index in [4.69, 9.17) is 5.73 Å². The van der Waals surface area contributed by atoms with Gasteiger partial charge < -0.3 is 10.6 Å². The average molecular weight is 270 g/mol. The van der Waals surface area contributed by atoms with Crippen molar-refractivity contribution in [2.24, 2.45) is 11.7 Å². The second-order valence-electron chi connectivity index (χ2n) is 5.82.